The minimum Gasteiger partial charge on any atom is -0.384 e. The van der Waals surface area contributed by atoms with Crippen molar-refractivity contribution in [1.29, 1.82) is 0 Å². The zero-order valence-electron chi connectivity index (χ0n) is 13.5. The van der Waals surface area contributed by atoms with E-state index in [0.717, 1.165) is 24.3 Å². The van der Waals surface area contributed by atoms with Gasteiger partial charge in [0.2, 0.25) is 0 Å². The van der Waals surface area contributed by atoms with Crippen molar-refractivity contribution in [2.45, 2.75) is 64.7 Å². The molecule has 3 atom stereocenters. The molecule has 110 valence electrons. The molecule has 0 saturated heterocycles. The summed E-state index contributed by atoms with van der Waals surface area (Å²) >= 11 is 0. The van der Waals surface area contributed by atoms with Crippen LogP contribution in [0.5, 0.6) is 0 Å². The van der Waals surface area contributed by atoms with Crippen LogP contribution in [0, 0.1) is 11.8 Å². The Kier molecular flexibility index (Phi) is 3.56. The Hall–Kier alpha value is -0.980. The van der Waals surface area contributed by atoms with E-state index in [1.807, 2.05) is 0 Å². The molecule has 1 aliphatic heterocycles. The molecule has 1 heteroatoms. The Morgan fingerprint density at radius 1 is 1.15 bits per heavy atom. The molecule has 1 heterocycles. The summed E-state index contributed by atoms with van der Waals surface area (Å²) in [7, 11) is 0. The van der Waals surface area contributed by atoms with Crippen LogP contribution in [0.4, 0.5) is 5.69 Å². The molecule has 0 spiro atoms. The standard InChI is InChI=1S/C19H29N/c1-13-6-5-7-14(10-13)17-12-20-18-9-8-15(11-16(17)18)19(2,3)4/h8-9,11,13-14,17,20H,5-7,10,12H2,1-4H3. The second kappa shape index (κ2) is 5.09. The number of anilines is 1. The van der Waals surface area contributed by atoms with E-state index in [2.05, 4.69) is 51.2 Å². The number of benzene rings is 1. The van der Waals surface area contributed by atoms with Gasteiger partial charge in [-0.1, -0.05) is 52.7 Å². The van der Waals surface area contributed by atoms with Crippen molar-refractivity contribution in [3.05, 3.63) is 29.3 Å². The van der Waals surface area contributed by atoms with Crippen molar-refractivity contribution in [2.24, 2.45) is 11.8 Å². The number of rotatable bonds is 1. The maximum atomic E-state index is 3.64. The van der Waals surface area contributed by atoms with Gasteiger partial charge < -0.3 is 5.32 Å². The molecule has 0 aromatic heterocycles. The molecule has 0 amide bonds. The number of hydrogen-bond acceptors (Lipinski definition) is 1. The van der Waals surface area contributed by atoms with Gasteiger partial charge in [-0.3, -0.25) is 0 Å². The molecule has 1 aromatic rings. The Morgan fingerprint density at radius 3 is 2.65 bits per heavy atom. The van der Waals surface area contributed by atoms with Crippen molar-refractivity contribution in [3.8, 4) is 0 Å². The second-order valence-electron chi connectivity index (χ2n) is 8.07. The number of nitrogens with one attached hydrogen (secondary N) is 1. The lowest BCUT2D eigenvalue weighted by molar-refractivity contribution is 0.253. The molecule has 1 fully saturated rings. The third-order valence-electron chi connectivity index (χ3n) is 5.38. The first kappa shape index (κ1) is 14.0. The maximum Gasteiger partial charge on any atom is 0.0376 e. The van der Waals surface area contributed by atoms with Gasteiger partial charge in [0.25, 0.3) is 0 Å². The monoisotopic (exact) mass is 271 g/mol. The quantitative estimate of drug-likeness (QED) is 0.729. The van der Waals surface area contributed by atoms with E-state index in [0.29, 0.717) is 0 Å². The number of hydrogen-bond donors (Lipinski definition) is 1. The highest BCUT2D eigenvalue weighted by atomic mass is 14.9. The van der Waals surface area contributed by atoms with Crippen LogP contribution < -0.4 is 5.32 Å². The molecule has 2 aliphatic rings. The molecular formula is C19H29N. The minimum absolute atomic E-state index is 0.252. The van der Waals surface area contributed by atoms with E-state index in [4.69, 9.17) is 0 Å². The normalized spacial score (nSPS) is 29.9. The van der Waals surface area contributed by atoms with E-state index < -0.39 is 0 Å². The summed E-state index contributed by atoms with van der Waals surface area (Å²) in [4.78, 5) is 0. The predicted molar refractivity (Wildman–Crippen MR) is 87.5 cm³/mol. The lowest BCUT2D eigenvalue weighted by Crippen LogP contribution is -2.22. The lowest BCUT2D eigenvalue weighted by atomic mass is 9.73. The van der Waals surface area contributed by atoms with Gasteiger partial charge in [-0.2, -0.15) is 0 Å². The Bertz CT molecular complexity index is 483. The Morgan fingerprint density at radius 2 is 1.95 bits per heavy atom. The molecular weight excluding hydrogens is 242 g/mol. The average molecular weight is 271 g/mol. The highest BCUT2D eigenvalue weighted by Crippen LogP contribution is 2.44. The molecule has 1 saturated carbocycles. The van der Waals surface area contributed by atoms with Crippen LogP contribution in [0.15, 0.2) is 18.2 Å². The largest absolute Gasteiger partial charge is 0.384 e. The van der Waals surface area contributed by atoms with Crippen LogP contribution >= 0.6 is 0 Å². The lowest BCUT2D eigenvalue weighted by Gasteiger charge is -2.31. The molecule has 1 aromatic carbocycles. The average Bonchev–Trinajstić information content (AvgIpc) is 2.80. The molecule has 1 aliphatic carbocycles. The third-order valence-corrected chi connectivity index (χ3v) is 5.38. The molecule has 3 rings (SSSR count). The second-order valence-corrected chi connectivity index (χ2v) is 8.07. The van der Waals surface area contributed by atoms with Gasteiger partial charge in [-0.15, -0.1) is 0 Å². The summed E-state index contributed by atoms with van der Waals surface area (Å²) in [6.07, 6.45) is 5.71. The zero-order chi connectivity index (χ0) is 14.3. The summed E-state index contributed by atoms with van der Waals surface area (Å²) < 4.78 is 0. The molecule has 20 heavy (non-hydrogen) atoms. The summed E-state index contributed by atoms with van der Waals surface area (Å²) in [5.41, 5.74) is 4.72. The van der Waals surface area contributed by atoms with Crippen LogP contribution in [0.2, 0.25) is 0 Å². The van der Waals surface area contributed by atoms with Gasteiger partial charge in [0.1, 0.15) is 0 Å². The first-order valence-corrected chi connectivity index (χ1v) is 8.33. The van der Waals surface area contributed by atoms with Gasteiger partial charge in [0.05, 0.1) is 0 Å². The van der Waals surface area contributed by atoms with Gasteiger partial charge >= 0.3 is 0 Å². The van der Waals surface area contributed by atoms with Gasteiger partial charge in [-0.25, -0.2) is 0 Å². The molecule has 1 N–H and O–H groups in total. The Labute approximate surface area is 124 Å². The fourth-order valence-corrected chi connectivity index (χ4v) is 4.09. The van der Waals surface area contributed by atoms with E-state index in [-0.39, 0.29) is 5.41 Å². The summed E-state index contributed by atoms with van der Waals surface area (Å²) in [6.45, 7) is 10.5. The summed E-state index contributed by atoms with van der Waals surface area (Å²) in [5.74, 6) is 2.56. The van der Waals surface area contributed by atoms with E-state index in [9.17, 15) is 0 Å². The topological polar surface area (TPSA) is 12.0 Å². The zero-order valence-corrected chi connectivity index (χ0v) is 13.5. The SMILES string of the molecule is CC1CCCC(C2CNc3ccc(C(C)(C)C)cc32)C1. The minimum atomic E-state index is 0.252. The fourth-order valence-electron chi connectivity index (χ4n) is 4.09. The Balaban J connectivity index is 1.88. The predicted octanol–water partition coefficient (Wildman–Crippen LogP) is 5.32. The molecule has 1 nitrogen and oxygen atoms in total. The van der Waals surface area contributed by atoms with Crippen LogP contribution in [0.25, 0.3) is 0 Å². The van der Waals surface area contributed by atoms with Crippen molar-refractivity contribution >= 4 is 5.69 Å². The van der Waals surface area contributed by atoms with E-state index in [1.165, 1.54) is 36.9 Å². The third kappa shape index (κ3) is 2.60. The van der Waals surface area contributed by atoms with Gasteiger partial charge in [-0.05, 0) is 47.3 Å². The van der Waals surface area contributed by atoms with Crippen molar-refractivity contribution in [3.63, 3.8) is 0 Å². The molecule has 0 bridgehead atoms. The van der Waals surface area contributed by atoms with Gasteiger partial charge in [0.15, 0.2) is 0 Å². The van der Waals surface area contributed by atoms with Crippen LogP contribution in [-0.4, -0.2) is 6.54 Å². The number of fused-ring (bicyclic) bond motifs is 1. The highest BCUT2D eigenvalue weighted by Gasteiger charge is 2.33. The maximum absolute atomic E-state index is 3.64. The molecule has 0 radical (unpaired) electrons. The fraction of sp³-hybridized carbons (Fsp3) is 0.684. The van der Waals surface area contributed by atoms with Crippen LogP contribution in [0.3, 0.4) is 0 Å². The van der Waals surface area contributed by atoms with E-state index >= 15 is 0 Å². The van der Waals surface area contributed by atoms with Crippen molar-refractivity contribution in [2.75, 3.05) is 11.9 Å². The first-order chi connectivity index (χ1) is 9.45. The van der Waals surface area contributed by atoms with Crippen molar-refractivity contribution < 1.29 is 0 Å². The van der Waals surface area contributed by atoms with Gasteiger partial charge in [0, 0.05) is 18.2 Å². The first-order valence-electron chi connectivity index (χ1n) is 8.33. The summed E-state index contributed by atoms with van der Waals surface area (Å²) in [5, 5.41) is 3.64. The summed E-state index contributed by atoms with van der Waals surface area (Å²) in [6, 6.07) is 7.10. The van der Waals surface area contributed by atoms with E-state index in [1.54, 1.807) is 5.56 Å². The van der Waals surface area contributed by atoms with Crippen molar-refractivity contribution in [1.82, 2.24) is 0 Å². The highest BCUT2D eigenvalue weighted by molar-refractivity contribution is 5.59. The van der Waals surface area contributed by atoms with Crippen LogP contribution in [0.1, 0.15) is 70.4 Å². The smallest absolute Gasteiger partial charge is 0.0376 e. The molecule has 3 unspecified atom stereocenters. The van der Waals surface area contributed by atoms with Crippen LogP contribution in [-0.2, 0) is 5.41 Å².